The van der Waals surface area contributed by atoms with Crippen molar-refractivity contribution in [3.05, 3.63) is 38.1 Å². The number of halogens is 2. The van der Waals surface area contributed by atoms with Crippen molar-refractivity contribution in [3.63, 3.8) is 0 Å². The average molecular weight is 395 g/mol. The molecule has 0 bridgehead atoms. The van der Waals surface area contributed by atoms with Crippen LogP contribution < -0.4 is 5.73 Å². The predicted molar refractivity (Wildman–Crippen MR) is 83.9 cm³/mol. The van der Waals surface area contributed by atoms with Crippen molar-refractivity contribution in [1.82, 2.24) is 4.98 Å². The lowest BCUT2D eigenvalue weighted by Gasteiger charge is -2.10. The Bertz CT molecular complexity index is 908. The quantitative estimate of drug-likeness (QED) is 0.793. The van der Waals surface area contributed by atoms with Crippen LogP contribution in [0.5, 0.6) is 0 Å². The van der Waals surface area contributed by atoms with Crippen LogP contribution in [-0.4, -0.2) is 32.4 Å². The van der Waals surface area contributed by atoms with Crippen molar-refractivity contribution in [1.29, 1.82) is 0 Å². The topological polar surface area (TPSA) is 116 Å². The molecule has 122 valence electrons. The van der Waals surface area contributed by atoms with Crippen LogP contribution in [0.4, 0.5) is 0 Å². The molecule has 2 aromatic rings. The molecule has 0 aliphatic carbocycles. The number of hydrogen-bond acceptors (Lipinski definition) is 7. The summed E-state index contributed by atoms with van der Waals surface area (Å²) in [7, 11) is -3.34. The van der Waals surface area contributed by atoms with E-state index in [4.69, 9.17) is 28.9 Å². The molecule has 1 heterocycles. The van der Waals surface area contributed by atoms with E-state index in [0.717, 1.165) is 7.11 Å². The number of methoxy groups -OCH3 is 1. The van der Waals surface area contributed by atoms with Crippen molar-refractivity contribution in [2.45, 2.75) is 9.92 Å². The van der Waals surface area contributed by atoms with Crippen LogP contribution in [0.15, 0.2) is 28.1 Å². The number of sulfone groups is 1. The molecule has 0 aliphatic rings. The number of thiazole rings is 1. The Morgan fingerprint density at radius 1 is 1.30 bits per heavy atom. The molecule has 2 N–H and O–H groups in total. The van der Waals surface area contributed by atoms with Gasteiger partial charge in [0.15, 0.2) is 9.49 Å². The fraction of sp³-hybridized carbons (Fsp3) is 0.0833. The van der Waals surface area contributed by atoms with Gasteiger partial charge in [-0.15, -0.1) is 0 Å². The van der Waals surface area contributed by atoms with E-state index >= 15 is 0 Å². The van der Waals surface area contributed by atoms with Crippen LogP contribution >= 0.6 is 34.5 Å². The largest absolute Gasteiger partial charge is 0.465 e. The number of hydrogen-bond donors (Lipinski definition) is 1. The lowest BCUT2D eigenvalue weighted by Crippen LogP contribution is -2.17. The molecule has 0 saturated carbocycles. The molecule has 0 aliphatic heterocycles. The summed E-state index contributed by atoms with van der Waals surface area (Å²) < 4.78 is 30.0. The highest BCUT2D eigenvalue weighted by Crippen LogP contribution is 2.35. The average Bonchev–Trinajstić information content (AvgIpc) is 2.89. The zero-order valence-corrected chi connectivity index (χ0v) is 14.5. The van der Waals surface area contributed by atoms with Gasteiger partial charge in [-0.2, -0.15) is 0 Å². The number of nitrogens with two attached hydrogens (primary N) is 1. The first-order chi connectivity index (χ1) is 10.7. The van der Waals surface area contributed by atoms with Gasteiger partial charge in [-0.25, -0.2) is 18.2 Å². The number of carbonyl (C=O) groups is 2. The lowest BCUT2D eigenvalue weighted by molar-refractivity contribution is 0.0596. The van der Waals surface area contributed by atoms with Crippen LogP contribution in [0.2, 0.25) is 9.49 Å². The molecule has 1 amide bonds. The van der Waals surface area contributed by atoms with Gasteiger partial charge >= 0.3 is 5.97 Å². The first-order valence-electron chi connectivity index (χ1n) is 5.78. The molecule has 0 spiro atoms. The Morgan fingerprint density at radius 3 is 2.52 bits per heavy atom. The molecule has 23 heavy (non-hydrogen) atoms. The number of rotatable bonds is 4. The monoisotopic (exact) mass is 394 g/mol. The smallest absolute Gasteiger partial charge is 0.339 e. The van der Waals surface area contributed by atoms with E-state index in [1.807, 2.05) is 0 Å². The number of benzene rings is 1. The van der Waals surface area contributed by atoms with Crippen molar-refractivity contribution in [2.24, 2.45) is 5.73 Å². The van der Waals surface area contributed by atoms with Crippen molar-refractivity contribution in [3.8, 4) is 0 Å². The summed E-state index contributed by atoms with van der Waals surface area (Å²) in [4.78, 5) is 26.0. The standard InChI is InChI=1S/C12H8Cl2N2O5S2/c1-21-11(18)5-3-2-4-6(13)8(5)23(19,20)10-7(9(15)17)22-12(14)16-10/h2-4H,1H3,(H2,15,17). The van der Waals surface area contributed by atoms with Gasteiger partial charge in [0.2, 0.25) is 9.84 Å². The van der Waals surface area contributed by atoms with E-state index in [-0.39, 0.29) is 19.9 Å². The molecule has 0 saturated heterocycles. The third kappa shape index (κ3) is 3.18. The Kier molecular flexibility index (Phi) is 4.95. The normalized spacial score (nSPS) is 11.3. The maximum atomic E-state index is 12.8. The van der Waals surface area contributed by atoms with Gasteiger partial charge in [-0.05, 0) is 12.1 Å². The molecule has 1 aromatic carbocycles. The third-order valence-corrected chi connectivity index (χ3v) is 6.20. The van der Waals surface area contributed by atoms with Gasteiger partial charge in [0.25, 0.3) is 5.91 Å². The summed E-state index contributed by atoms with van der Waals surface area (Å²) in [5.74, 6) is -1.92. The van der Waals surface area contributed by atoms with Crippen molar-refractivity contribution >= 4 is 56.3 Å². The Hall–Kier alpha value is -1.68. The summed E-state index contributed by atoms with van der Waals surface area (Å²) in [6.45, 7) is 0. The van der Waals surface area contributed by atoms with Gasteiger partial charge in [0.05, 0.1) is 17.7 Å². The van der Waals surface area contributed by atoms with E-state index < -0.39 is 31.6 Å². The van der Waals surface area contributed by atoms with Gasteiger partial charge in [-0.3, -0.25) is 4.79 Å². The van der Waals surface area contributed by atoms with Crippen LogP contribution in [0.25, 0.3) is 0 Å². The van der Waals surface area contributed by atoms with Crippen LogP contribution in [0.3, 0.4) is 0 Å². The number of carbonyl (C=O) groups excluding carboxylic acids is 2. The second kappa shape index (κ2) is 6.44. The minimum atomic E-state index is -4.43. The molecule has 0 radical (unpaired) electrons. The Morgan fingerprint density at radius 2 is 1.96 bits per heavy atom. The maximum absolute atomic E-state index is 12.8. The second-order valence-corrected chi connectivity index (χ2v) is 7.87. The zero-order valence-electron chi connectivity index (χ0n) is 11.4. The lowest BCUT2D eigenvalue weighted by atomic mass is 10.2. The Labute approximate surface area is 144 Å². The van der Waals surface area contributed by atoms with Crippen molar-refractivity contribution < 1.29 is 22.7 Å². The van der Waals surface area contributed by atoms with Gasteiger partial charge in [0, 0.05) is 0 Å². The van der Waals surface area contributed by atoms with E-state index in [9.17, 15) is 18.0 Å². The van der Waals surface area contributed by atoms with Gasteiger partial charge in [0.1, 0.15) is 9.77 Å². The van der Waals surface area contributed by atoms with Gasteiger partial charge in [-0.1, -0.05) is 40.6 Å². The van der Waals surface area contributed by atoms with E-state index in [1.54, 1.807) is 0 Å². The van der Waals surface area contributed by atoms with Crippen LogP contribution in [0.1, 0.15) is 20.0 Å². The van der Waals surface area contributed by atoms with Crippen LogP contribution in [-0.2, 0) is 14.6 Å². The van der Waals surface area contributed by atoms with E-state index in [1.165, 1.54) is 18.2 Å². The minimum Gasteiger partial charge on any atom is -0.465 e. The highest BCUT2D eigenvalue weighted by atomic mass is 35.5. The summed E-state index contributed by atoms with van der Waals surface area (Å²) in [5, 5.41) is -0.884. The SMILES string of the molecule is COC(=O)c1cccc(Cl)c1S(=O)(=O)c1nc(Cl)sc1C(N)=O. The molecule has 0 fully saturated rings. The van der Waals surface area contributed by atoms with E-state index in [0.29, 0.717) is 11.3 Å². The molecule has 11 heteroatoms. The van der Waals surface area contributed by atoms with E-state index in [2.05, 4.69) is 9.72 Å². The molecule has 7 nitrogen and oxygen atoms in total. The zero-order chi connectivity index (χ0) is 17.4. The highest BCUT2D eigenvalue weighted by molar-refractivity contribution is 7.91. The molecular weight excluding hydrogens is 387 g/mol. The summed E-state index contributed by atoms with van der Waals surface area (Å²) >= 11 is 12.2. The second-order valence-electron chi connectivity index (χ2n) is 4.08. The summed E-state index contributed by atoms with van der Waals surface area (Å²) in [6, 6.07) is 3.89. The molecule has 1 aromatic heterocycles. The Balaban J connectivity index is 2.81. The predicted octanol–water partition coefficient (Wildman–Crippen LogP) is 2.17. The highest BCUT2D eigenvalue weighted by Gasteiger charge is 2.34. The molecule has 0 unspecified atom stereocenters. The summed E-state index contributed by atoms with van der Waals surface area (Å²) in [5.41, 5.74) is 4.86. The third-order valence-electron chi connectivity index (χ3n) is 2.69. The number of nitrogens with zero attached hydrogens (tertiary/aromatic N) is 1. The molecular formula is C12H8Cl2N2O5S2. The maximum Gasteiger partial charge on any atom is 0.339 e. The number of esters is 1. The number of amides is 1. The van der Waals surface area contributed by atoms with Crippen molar-refractivity contribution in [2.75, 3.05) is 7.11 Å². The number of primary amides is 1. The number of ether oxygens (including phenoxy) is 1. The van der Waals surface area contributed by atoms with Gasteiger partial charge < -0.3 is 10.5 Å². The first-order valence-corrected chi connectivity index (χ1v) is 8.83. The van der Waals surface area contributed by atoms with Crippen LogP contribution in [0, 0.1) is 0 Å². The molecule has 0 atom stereocenters. The number of aromatic nitrogens is 1. The summed E-state index contributed by atoms with van der Waals surface area (Å²) in [6.07, 6.45) is 0. The fourth-order valence-corrected chi connectivity index (χ4v) is 5.18. The molecule has 2 rings (SSSR count). The fourth-order valence-electron chi connectivity index (χ4n) is 1.77. The minimum absolute atomic E-state index is 0.191. The first kappa shape index (κ1) is 17.7.